The number of hydrogen-bond acceptors (Lipinski definition) is 3. The minimum absolute atomic E-state index is 0.158. The average molecular weight is 286 g/mol. The maximum Gasteiger partial charge on any atom is 0.401 e. The molecule has 1 rings (SSSR count). The number of benzene rings is 1. The summed E-state index contributed by atoms with van der Waals surface area (Å²) in [5.74, 6) is 0.493. The van der Waals surface area contributed by atoms with Crippen molar-refractivity contribution >= 4 is 0 Å². The van der Waals surface area contributed by atoms with Gasteiger partial charge < -0.3 is 4.74 Å². The first-order valence-electron chi connectivity index (χ1n) is 6.36. The second-order valence-electron chi connectivity index (χ2n) is 4.38. The van der Waals surface area contributed by atoms with Crippen molar-refractivity contribution in [3.8, 4) is 11.8 Å². The predicted molar refractivity (Wildman–Crippen MR) is 69.4 cm³/mol. The molecule has 0 bridgehead atoms. The van der Waals surface area contributed by atoms with E-state index in [4.69, 9.17) is 10.00 Å². The third kappa shape index (κ3) is 6.43. The highest BCUT2D eigenvalue weighted by molar-refractivity contribution is 5.36. The number of halogens is 3. The molecule has 1 aromatic carbocycles. The number of nitrogens with zero attached hydrogens (tertiary/aromatic N) is 2. The summed E-state index contributed by atoms with van der Waals surface area (Å²) in [7, 11) is 0. The smallest absolute Gasteiger partial charge is 0.401 e. The van der Waals surface area contributed by atoms with E-state index in [1.807, 2.05) is 13.0 Å². The van der Waals surface area contributed by atoms with Crippen LogP contribution in [0.4, 0.5) is 13.2 Å². The van der Waals surface area contributed by atoms with Gasteiger partial charge in [-0.1, -0.05) is 13.0 Å². The summed E-state index contributed by atoms with van der Waals surface area (Å²) < 4.78 is 42.5. The fraction of sp³-hybridized carbons (Fsp3) is 0.500. The van der Waals surface area contributed by atoms with E-state index in [1.165, 1.54) is 4.90 Å². The van der Waals surface area contributed by atoms with Crippen LogP contribution in [0.2, 0.25) is 0 Å². The number of rotatable bonds is 7. The molecular formula is C14H17F3N2O. The number of ether oxygens (including phenoxy) is 1. The molecule has 0 heterocycles. The van der Waals surface area contributed by atoms with E-state index >= 15 is 0 Å². The molecule has 0 atom stereocenters. The first-order chi connectivity index (χ1) is 9.44. The molecule has 0 fully saturated rings. The summed E-state index contributed by atoms with van der Waals surface area (Å²) in [6, 6.07) is 8.53. The minimum Gasteiger partial charge on any atom is -0.492 e. The highest BCUT2D eigenvalue weighted by atomic mass is 19.4. The predicted octanol–water partition coefficient (Wildman–Crippen LogP) is 3.21. The van der Waals surface area contributed by atoms with Crippen LogP contribution in [0.3, 0.4) is 0 Å². The first-order valence-corrected chi connectivity index (χ1v) is 6.36. The largest absolute Gasteiger partial charge is 0.492 e. The second-order valence-corrected chi connectivity index (χ2v) is 4.38. The summed E-state index contributed by atoms with van der Waals surface area (Å²) in [4.78, 5) is 1.31. The zero-order valence-electron chi connectivity index (χ0n) is 11.3. The Hall–Kier alpha value is -1.74. The zero-order valence-corrected chi connectivity index (χ0v) is 11.3. The molecule has 0 saturated carbocycles. The van der Waals surface area contributed by atoms with Gasteiger partial charge in [0.1, 0.15) is 12.4 Å². The SMILES string of the molecule is CCCN(CCOc1cccc(C#N)c1)CC(F)(F)F. The van der Waals surface area contributed by atoms with Gasteiger partial charge in [-0.05, 0) is 31.2 Å². The fourth-order valence-electron chi connectivity index (χ4n) is 1.79. The zero-order chi connectivity index (χ0) is 15.0. The van der Waals surface area contributed by atoms with Gasteiger partial charge >= 0.3 is 6.18 Å². The Balaban J connectivity index is 2.45. The third-order valence-electron chi connectivity index (χ3n) is 2.58. The highest BCUT2D eigenvalue weighted by Gasteiger charge is 2.30. The molecule has 6 heteroatoms. The molecule has 110 valence electrons. The molecule has 0 aliphatic heterocycles. The van der Waals surface area contributed by atoms with Gasteiger partial charge in [0.25, 0.3) is 0 Å². The maximum absolute atomic E-state index is 12.4. The lowest BCUT2D eigenvalue weighted by atomic mass is 10.2. The van der Waals surface area contributed by atoms with E-state index < -0.39 is 12.7 Å². The van der Waals surface area contributed by atoms with Crippen molar-refractivity contribution in [1.29, 1.82) is 5.26 Å². The van der Waals surface area contributed by atoms with Crippen molar-refractivity contribution in [2.45, 2.75) is 19.5 Å². The molecule has 0 saturated heterocycles. The van der Waals surface area contributed by atoms with Crippen molar-refractivity contribution < 1.29 is 17.9 Å². The Labute approximate surface area is 116 Å². The number of alkyl halides is 3. The molecule has 1 aromatic rings. The Morgan fingerprint density at radius 3 is 2.65 bits per heavy atom. The van der Waals surface area contributed by atoms with Crippen molar-refractivity contribution in [2.75, 3.05) is 26.2 Å². The monoisotopic (exact) mass is 286 g/mol. The van der Waals surface area contributed by atoms with Gasteiger partial charge in [-0.2, -0.15) is 18.4 Å². The van der Waals surface area contributed by atoms with Crippen LogP contribution in [0.15, 0.2) is 24.3 Å². The van der Waals surface area contributed by atoms with Crippen molar-refractivity contribution in [1.82, 2.24) is 4.90 Å². The number of hydrogen-bond donors (Lipinski definition) is 0. The van der Waals surface area contributed by atoms with Crippen LogP contribution in [0, 0.1) is 11.3 Å². The Morgan fingerprint density at radius 1 is 1.30 bits per heavy atom. The summed E-state index contributed by atoms with van der Waals surface area (Å²) in [5, 5.41) is 8.73. The molecule has 0 radical (unpaired) electrons. The van der Waals surface area contributed by atoms with Crippen LogP contribution in [0.25, 0.3) is 0 Å². The van der Waals surface area contributed by atoms with Gasteiger partial charge in [0.15, 0.2) is 0 Å². The minimum atomic E-state index is -4.20. The van der Waals surface area contributed by atoms with Crippen LogP contribution in [0.1, 0.15) is 18.9 Å². The molecule has 3 nitrogen and oxygen atoms in total. The first kappa shape index (κ1) is 16.3. The van der Waals surface area contributed by atoms with Crippen LogP contribution in [-0.4, -0.2) is 37.3 Å². The van der Waals surface area contributed by atoms with Gasteiger partial charge in [0, 0.05) is 6.54 Å². The van der Waals surface area contributed by atoms with Crippen molar-refractivity contribution in [3.63, 3.8) is 0 Å². The van der Waals surface area contributed by atoms with E-state index in [2.05, 4.69) is 0 Å². The summed E-state index contributed by atoms with van der Waals surface area (Å²) in [6.07, 6.45) is -3.55. The molecule has 0 unspecified atom stereocenters. The average Bonchev–Trinajstić information content (AvgIpc) is 2.37. The lowest BCUT2D eigenvalue weighted by molar-refractivity contribution is -0.146. The van der Waals surface area contributed by atoms with Crippen LogP contribution in [-0.2, 0) is 0 Å². The Kier molecular flexibility index (Phi) is 6.32. The van der Waals surface area contributed by atoms with E-state index in [1.54, 1.807) is 24.3 Å². The van der Waals surface area contributed by atoms with E-state index in [0.29, 0.717) is 24.3 Å². The quantitative estimate of drug-likeness (QED) is 0.772. The molecule has 0 amide bonds. The summed E-state index contributed by atoms with van der Waals surface area (Å²) >= 11 is 0. The Bertz CT molecular complexity index is 454. The van der Waals surface area contributed by atoms with Gasteiger partial charge in [-0.15, -0.1) is 0 Å². The van der Waals surface area contributed by atoms with E-state index in [9.17, 15) is 13.2 Å². The van der Waals surface area contributed by atoms with Gasteiger partial charge in [-0.25, -0.2) is 0 Å². The van der Waals surface area contributed by atoms with Gasteiger partial charge in [0.2, 0.25) is 0 Å². The third-order valence-corrected chi connectivity index (χ3v) is 2.58. The Morgan fingerprint density at radius 2 is 2.05 bits per heavy atom. The molecule has 0 spiro atoms. The lowest BCUT2D eigenvalue weighted by Crippen LogP contribution is -2.37. The standard InChI is InChI=1S/C14H17F3N2O/c1-2-6-19(11-14(15,16)17)7-8-20-13-5-3-4-12(9-13)10-18/h3-5,9H,2,6-8,11H2,1H3. The molecule has 0 aromatic heterocycles. The van der Waals surface area contributed by atoms with Gasteiger partial charge in [0.05, 0.1) is 18.2 Å². The van der Waals surface area contributed by atoms with Crippen LogP contribution >= 0.6 is 0 Å². The summed E-state index contributed by atoms with van der Waals surface area (Å²) in [6.45, 7) is 1.64. The second kappa shape index (κ2) is 7.75. The molecule has 0 aliphatic rings. The lowest BCUT2D eigenvalue weighted by Gasteiger charge is -2.22. The maximum atomic E-state index is 12.4. The normalized spacial score (nSPS) is 11.4. The summed E-state index contributed by atoms with van der Waals surface area (Å²) in [5.41, 5.74) is 0.461. The molecule has 0 aliphatic carbocycles. The molecular weight excluding hydrogens is 269 g/mol. The number of nitriles is 1. The van der Waals surface area contributed by atoms with Crippen molar-refractivity contribution in [3.05, 3.63) is 29.8 Å². The molecule has 20 heavy (non-hydrogen) atoms. The molecule has 0 N–H and O–H groups in total. The van der Waals surface area contributed by atoms with Crippen molar-refractivity contribution in [2.24, 2.45) is 0 Å². The highest BCUT2D eigenvalue weighted by Crippen LogP contribution is 2.17. The van der Waals surface area contributed by atoms with Crippen LogP contribution in [0.5, 0.6) is 5.75 Å². The van der Waals surface area contributed by atoms with E-state index in [-0.39, 0.29) is 13.2 Å². The topological polar surface area (TPSA) is 36.3 Å². The fourth-order valence-corrected chi connectivity index (χ4v) is 1.79. The van der Waals surface area contributed by atoms with E-state index in [0.717, 1.165) is 0 Å². The van der Waals surface area contributed by atoms with Gasteiger partial charge in [-0.3, -0.25) is 4.90 Å². The van der Waals surface area contributed by atoms with Crippen LogP contribution < -0.4 is 4.74 Å².